The van der Waals surface area contributed by atoms with Crippen LogP contribution in [0.2, 0.25) is 0 Å². The van der Waals surface area contributed by atoms with E-state index in [2.05, 4.69) is 27.5 Å². The molecule has 2 heterocycles. The van der Waals surface area contributed by atoms with E-state index in [-0.39, 0.29) is 13.2 Å². The van der Waals surface area contributed by atoms with Crippen LogP contribution >= 0.6 is 0 Å². The standard InChI is InChI=1S/C18H20N4O2/c1-22-13-15(18(21-22)14-5-3-2-4-6-14)11-19-16-7-8-17(20-12-16)24-10-9-23/h2-8,12-13,19,23H,9-11H2,1H3. The van der Waals surface area contributed by atoms with Crippen molar-refractivity contribution in [1.29, 1.82) is 0 Å². The molecule has 0 saturated carbocycles. The van der Waals surface area contributed by atoms with E-state index in [0.717, 1.165) is 22.5 Å². The quantitative estimate of drug-likeness (QED) is 0.698. The Balaban J connectivity index is 1.69. The summed E-state index contributed by atoms with van der Waals surface area (Å²) < 4.78 is 7.07. The number of pyridine rings is 1. The minimum Gasteiger partial charge on any atom is -0.475 e. The van der Waals surface area contributed by atoms with Crippen molar-refractivity contribution < 1.29 is 9.84 Å². The molecule has 0 fully saturated rings. The Morgan fingerprint density at radius 1 is 1.17 bits per heavy atom. The van der Waals surface area contributed by atoms with Crippen molar-refractivity contribution in [2.75, 3.05) is 18.5 Å². The highest BCUT2D eigenvalue weighted by atomic mass is 16.5. The maximum Gasteiger partial charge on any atom is 0.213 e. The summed E-state index contributed by atoms with van der Waals surface area (Å²) in [6.45, 7) is 0.872. The van der Waals surface area contributed by atoms with Gasteiger partial charge in [0.1, 0.15) is 6.61 Å². The lowest BCUT2D eigenvalue weighted by Crippen LogP contribution is -2.04. The maximum atomic E-state index is 8.74. The van der Waals surface area contributed by atoms with Crippen LogP contribution in [0.5, 0.6) is 5.88 Å². The van der Waals surface area contributed by atoms with Crippen molar-refractivity contribution in [2.24, 2.45) is 7.05 Å². The van der Waals surface area contributed by atoms with Crippen LogP contribution in [-0.4, -0.2) is 33.1 Å². The molecule has 0 aliphatic heterocycles. The fraction of sp³-hybridized carbons (Fsp3) is 0.222. The number of hydrogen-bond acceptors (Lipinski definition) is 5. The second-order valence-electron chi connectivity index (χ2n) is 5.35. The average Bonchev–Trinajstić information content (AvgIpc) is 3.00. The molecule has 3 aromatic rings. The molecule has 6 heteroatoms. The van der Waals surface area contributed by atoms with Crippen molar-refractivity contribution in [3.63, 3.8) is 0 Å². The largest absolute Gasteiger partial charge is 0.475 e. The lowest BCUT2D eigenvalue weighted by molar-refractivity contribution is 0.196. The monoisotopic (exact) mass is 324 g/mol. The Labute approximate surface area is 140 Å². The van der Waals surface area contributed by atoms with E-state index in [0.29, 0.717) is 12.4 Å². The predicted octanol–water partition coefficient (Wildman–Crippen LogP) is 2.47. The molecule has 124 valence electrons. The Kier molecular flexibility index (Phi) is 5.08. The molecule has 24 heavy (non-hydrogen) atoms. The van der Waals surface area contributed by atoms with Gasteiger partial charge in [0, 0.05) is 37.0 Å². The first-order chi connectivity index (χ1) is 11.8. The SMILES string of the molecule is Cn1cc(CNc2ccc(OCCO)nc2)c(-c2ccccc2)n1. The first kappa shape index (κ1) is 16.0. The molecule has 0 bridgehead atoms. The fourth-order valence-electron chi connectivity index (χ4n) is 2.42. The summed E-state index contributed by atoms with van der Waals surface area (Å²) in [6, 6.07) is 13.8. The minimum absolute atomic E-state index is 0.0229. The molecular weight excluding hydrogens is 304 g/mol. The third-order valence-electron chi connectivity index (χ3n) is 3.51. The van der Waals surface area contributed by atoms with Crippen molar-refractivity contribution in [3.05, 3.63) is 60.4 Å². The molecule has 2 N–H and O–H groups in total. The van der Waals surface area contributed by atoms with Crippen LogP contribution in [0.3, 0.4) is 0 Å². The lowest BCUT2D eigenvalue weighted by atomic mass is 10.1. The van der Waals surface area contributed by atoms with Crippen LogP contribution in [0, 0.1) is 0 Å². The number of nitrogens with one attached hydrogen (secondary N) is 1. The summed E-state index contributed by atoms with van der Waals surface area (Å²) in [5, 5.41) is 16.6. The summed E-state index contributed by atoms with van der Waals surface area (Å²) in [4.78, 5) is 4.20. The molecule has 0 amide bonds. The first-order valence-corrected chi connectivity index (χ1v) is 7.78. The first-order valence-electron chi connectivity index (χ1n) is 7.78. The Hall–Kier alpha value is -2.86. The Morgan fingerprint density at radius 3 is 2.71 bits per heavy atom. The van der Waals surface area contributed by atoms with Gasteiger partial charge in [0.05, 0.1) is 24.2 Å². The molecule has 0 saturated heterocycles. The summed E-state index contributed by atoms with van der Waals surface area (Å²) >= 11 is 0. The highest BCUT2D eigenvalue weighted by Gasteiger charge is 2.09. The van der Waals surface area contributed by atoms with Crippen LogP contribution in [0.15, 0.2) is 54.9 Å². The van der Waals surface area contributed by atoms with Gasteiger partial charge < -0.3 is 15.2 Å². The molecule has 0 aliphatic carbocycles. The normalized spacial score (nSPS) is 10.6. The van der Waals surface area contributed by atoms with Gasteiger partial charge in [-0.3, -0.25) is 4.68 Å². The van der Waals surface area contributed by atoms with Gasteiger partial charge in [0.25, 0.3) is 0 Å². The molecule has 6 nitrogen and oxygen atoms in total. The second kappa shape index (κ2) is 7.61. The van der Waals surface area contributed by atoms with Gasteiger partial charge in [-0.05, 0) is 6.07 Å². The molecule has 0 unspecified atom stereocenters. The number of anilines is 1. The van der Waals surface area contributed by atoms with Crippen LogP contribution in [0.1, 0.15) is 5.56 Å². The zero-order valence-corrected chi connectivity index (χ0v) is 13.5. The van der Waals surface area contributed by atoms with Crippen LogP contribution in [0.4, 0.5) is 5.69 Å². The molecule has 0 spiro atoms. The molecule has 0 radical (unpaired) electrons. The Morgan fingerprint density at radius 2 is 2.00 bits per heavy atom. The zero-order valence-electron chi connectivity index (χ0n) is 13.5. The highest BCUT2D eigenvalue weighted by Crippen LogP contribution is 2.22. The van der Waals surface area contributed by atoms with Crippen molar-refractivity contribution in [3.8, 4) is 17.1 Å². The number of benzene rings is 1. The van der Waals surface area contributed by atoms with Gasteiger partial charge in [-0.25, -0.2) is 4.98 Å². The molecule has 0 aliphatic rings. The van der Waals surface area contributed by atoms with Gasteiger partial charge in [0.15, 0.2) is 0 Å². The van der Waals surface area contributed by atoms with E-state index >= 15 is 0 Å². The van der Waals surface area contributed by atoms with Gasteiger partial charge >= 0.3 is 0 Å². The molecule has 1 aromatic carbocycles. The van der Waals surface area contributed by atoms with Gasteiger partial charge in [-0.1, -0.05) is 30.3 Å². The van der Waals surface area contributed by atoms with Gasteiger partial charge in [0.2, 0.25) is 5.88 Å². The summed E-state index contributed by atoms with van der Waals surface area (Å²) in [6.07, 6.45) is 3.73. The molecule has 2 aromatic heterocycles. The highest BCUT2D eigenvalue weighted by molar-refractivity contribution is 5.63. The fourth-order valence-corrected chi connectivity index (χ4v) is 2.42. The predicted molar refractivity (Wildman–Crippen MR) is 92.8 cm³/mol. The third-order valence-corrected chi connectivity index (χ3v) is 3.51. The number of aliphatic hydroxyl groups excluding tert-OH is 1. The number of aryl methyl sites for hydroxylation is 1. The van der Waals surface area contributed by atoms with Crippen molar-refractivity contribution >= 4 is 5.69 Å². The topological polar surface area (TPSA) is 72.2 Å². The lowest BCUT2D eigenvalue weighted by Gasteiger charge is -2.08. The number of aliphatic hydroxyl groups is 1. The van der Waals surface area contributed by atoms with Crippen LogP contribution < -0.4 is 10.1 Å². The van der Waals surface area contributed by atoms with E-state index in [4.69, 9.17) is 9.84 Å². The van der Waals surface area contributed by atoms with Crippen molar-refractivity contribution in [2.45, 2.75) is 6.54 Å². The number of rotatable bonds is 7. The summed E-state index contributed by atoms with van der Waals surface area (Å²) in [5.41, 5.74) is 4.08. The van der Waals surface area contributed by atoms with Crippen LogP contribution in [0.25, 0.3) is 11.3 Å². The molecule has 3 rings (SSSR count). The summed E-state index contributed by atoms with van der Waals surface area (Å²) in [5.74, 6) is 0.501. The summed E-state index contributed by atoms with van der Waals surface area (Å²) in [7, 11) is 1.92. The minimum atomic E-state index is -0.0229. The van der Waals surface area contributed by atoms with E-state index in [1.165, 1.54) is 0 Å². The maximum absolute atomic E-state index is 8.74. The number of aromatic nitrogens is 3. The number of nitrogens with zero attached hydrogens (tertiary/aromatic N) is 3. The van der Waals surface area contributed by atoms with E-state index < -0.39 is 0 Å². The van der Waals surface area contributed by atoms with Crippen LogP contribution in [-0.2, 0) is 13.6 Å². The Bertz CT molecular complexity index is 769. The smallest absolute Gasteiger partial charge is 0.213 e. The van der Waals surface area contributed by atoms with Gasteiger partial charge in [-0.2, -0.15) is 5.10 Å². The number of ether oxygens (including phenoxy) is 1. The number of hydrogen-bond donors (Lipinski definition) is 2. The van der Waals surface area contributed by atoms with Crippen molar-refractivity contribution in [1.82, 2.24) is 14.8 Å². The van der Waals surface area contributed by atoms with E-state index in [9.17, 15) is 0 Å². The molecular formula is C18H20N4O2. The third kappa shape index (κ3) is 3.91. The molecule has 0 atom stereocenters. The second-order valence-corrected chi connectivity index (χ2v) is 5.35. The van der Waals surface area contributed by atoms with E-state index in [1.54, 1.807) is 12.3 Å². The van der Waals surface area contributed by atoms with E-state index in [1.807, 2.05) is 42.2 Å². The zero-order chi connectivity index (χ0) is 16.8. The van der Waals surface area contributed by atoms with Gasteiger partial charge in [-0.15, -0.1) is 0 Å². The average molecular weight is 324 g/mol.